The van der Waals surface area contributed by atoms with E-state index in [1.165, 1.54) is 25.1 Å². The number of alkyl halides is 3. The van der Waals surface area contributed by atoms with Gasteiger partial charge < -0.3 is 5.11 Å². The van der Waals surface area contributed by atoms with Crippen LogP contribution in [-0.4, -0.2) is 39.5 Å². The third-order valence-electron chi connectivity index (χ3n) is 6.33. The van der Waals surface area contributed by atoms with Gasteiger partial charge in [-0.3, -0.25) is 4.57 Å². The van der Waals surface area contributed by atoms with Gasteiger partial charge in [-0.15, -0.1) is 0 Å². The van der Waals surface area contributed by atoms with Gasteiger partial charge in [0.05, 0.1) is 32.6 Å². The van der Waals surface area contributed by atoms with Gasteiger partial charge in [0.2, 0.25) is 0 Å². The maximum absolute atomic E-state index is 13.3. The Hall–Kier alpha value is -3.57. The van der Waals surface area contributed by atoms with Crippen molar-refractivity contribution in [2.75, 3.05) is 0 Å². The second kappa shape index (κ2) is 10.5. The molecule has 0 aliphatic heterocycles. The molecule has 4 aromatic rings. The molecule has 0 radical (unpaired) electrons. The summed E-state index contributed by atoms with van der Waals surface area (Å²) >= 11 is 5.96. The molecule has 1 aromatic heterocycles. The van der Waals surface area contributed by atoms with Crippen LogP contribution in [0.2, 0.25) is 5.02 Å². The lowest BCUT2D eigenvalue weighted by Crippen LogP contribution is -2.43. The van der Waals surface area contributed by atoms with Crippen LogP contribution in [0.3, 0.4) is 0 Å². The fourth-order valence-corrected chi connectivity index (χ4v) is 6.17. The van der Waals surface area contributed by atoms with E-state index in [1.807, 2.05) is 6.92 Å². The van der Waals surface area contributed by atoms with Crippen molar-refractivity contribution >= 4 is 38.8 Å². The number of carbonyl (C=O) groups is 1. The van der Waals surface area contributed by atoms with Crippen molar-refractivity contribution in [1.82, 2.24) is 13.9 Å². The summed E-state index contributed by atoms with van der Waals surface area (Å²) in [5.41, 5.74) is 1.72. The van der Waals surface area contributed by atoms with Gasteiger partial charge in [-0.25, -0.2) is 18.2 Å². The van der Waals surface area contributed by atoms with Crippen molar-refractivity contribution in [3.63, 3.8) is 0 Å². The van der Waals surface area contributed by atoms with Crippen molar-refractivity contribution in [2.45, 2.75) is 50.7 Å². The summed E-state index contributed by atoms with van der Waals surface area (Å²) in [6.45, 7) is 5.13. The molecule has 39 heavy (non-hydrogen) atoms. The largest absolute Gasteiger partial charge is 0.464 e. The number of nitrogens with zero attached hydrogens (tertiary/aromatic N) is 3. The first kappa shape index (κ1) is 28.4. The Kier molecular flexibility index (Phi) is 7.68. The van der Waals surface area contributed by atoms with Gasteiger partial charge >= 0.3 is 12.3 Å². The predicted octanol–water partition coefficient (Wildman–Crippen LogP) is 6.87. The number of sulfonamides is 1. The molecule has 206 valence electrons. The van der Waals surface area contributed by atoms with Crippen LogP contribution in [0.1, 0.15) is 36.4 Å². The Morgan fingerprint density at radius 1 is 1.10 bits per heavy atom. The van der Waals surface area contributed by atoms with E-state index in [0.717, 1.165) is 11.6 Å². The molecule has 0 saturated carbocycles. The minimum absolute atomic E-state index is 0.101. The first-order valence-electron chi connectivity index (χ1n) is 12.0. The fourth-order valence-electron chi connectivity index (χ4n) is 4.45. The summed E-state index contributed by atoms with van der Waals surface area (Å²) in [5.74, 6) is 0.530. The van der Waals surface area contributed by atoms with Crippen molar-refractivity contribution in [2.24, 2.45) is 0 Å². The molecule has 0 bridgehead atoms. The lowest BCUT2D eigenvalue weighted by molar-refractivity contribution is -0.137. The van der Waals surface area contributed by atoms with Crippen molar-refractivity contribution in [3.8, 4) is 5.69 Å². The molecule has 1 N–H and O–H groups in total. The molecule has 7 nitrogen and oxygen atoms in total. The Bertz CT molecular complexity index is 1630. The highest BCUT2D eigenvalue weighted by Gasteiger charge is 2.35. The van der Waals surface area contributed by atoms with Gasteiger partial charge in [-0.05, 0) is 62.2 Å². The first-order valence-corrected chi connectivity index (χ1v) is 13.8. The molecule has 1 atom stereocenters. The number of rotatable bonds is 7. The fraction of sp³-hybridized carbons (Fsp3) is 0.259. The van der Waals surface area contributed by atoms with E-state index in [4.69, 9.17) is 11.6 Å². The molecular formula is C27H25ClF3N3O4S. The Labute approximate surface area is 228 Å². The minimum atomic E-state index is -4.61. The molecule has 3 aromatic carbocycles. The average molecular weight is 580 g/mol. The van der Waals surface area contributed by atoms with E-state index in [2.05, 4.69) is 4.98 Å². The zero-order valence-corrected chi connectivity index (χ0v) is 22.8. The van der Waals surface area contributed by atoms with Crippen molar-refractivity contribution in [3.05, 3.63) is 88.2 Å². The van der Waals surface area contributed by atoms with Crippen molar-refractivity contribution in [1.29, 1.82) is 0 Å². The molecule has 1 amide bonds. The molecule has 4 rings (SSSR count). The number of hydrogen-bond acceptors (Lipinski definition) is 4. The van der Waals surface area contributed by atoms with Crippen LogP contribution in [0.15, 0.2) is 65.6 Å². The molecule has 0 saturated heterocycles. The number of fused-ring (bicyclic) bond motifs is 1. The Balaban J connectivity index is 1.65. The number of benzene rings is 3. The highest BCUT2D eigenvalue weighted by atomic mass is 35.5. The highest BCUT2D eigenvalue weighted by molar-refractivity contribution is 7.89. The van der Waals surface area contributed by atoms with Gasteiger partial charge in [-0.2, -0.15) is 17.5 Å². The van der Waals surface area contributed by atoms with Gasteiger partial charge in [0.15, 0.2) is 0 Å². The van der Waals surface area contributed by atoms with E-state index < -0.39 is 38.9 Å². The van der Waals surface area contributed by atoms with E-state index >= 15 is 0 Å². The third kappa shape index (κ3) is 5.60. The van der Waals surface area contributed by atoms with Gasteiger partial charge in [-0.1, -0.05) is 48.4 Å². The monoisotopic (exact) mass is 579 g/mol. The lowest BCUT2D eigenvalue weighted by atomic mass is 10.1. The summed E-state index contributed by atoms with van der Waals surface area (Å²) in [7, 11) is -4.30. The van der Waals surface area contributed by atoms with Crippen molar-refractivity contribution < 1.29 is 31.5 Å². The molecule has 12 heteroatoms. The summed E-state index contributed by atoms with van der Waals surface area (Å²) in [6.07, 6.45) is -5.66. The van der Waals surface area contributed by atoms with Crippen LogP contribution in [-0.2, 0) is 29.0 Å². The van der Waals surface area contributed by atoms with Gasteiger partial charge in [0.25, 0.3) is 10.0 Å². The predicted molar refractivity (Wildman–Crippen MR) is 142 cm³/mol. The normalized spacial score (nSPS) is 13.0. The van der Waals surface area contributed by atoms with Crippen LogP contribution in [0.25, 0.3) is 16.7 Å². The number of halogens is 4. The molecule has 0 aliphatic carbocycles. The smallest absolute Gasteiger partial charge is 0.421 e. The summed E-state index contributed by atoms with van der Waals surface area (Å²) < 4.78 is 68.3. The van der Waals surface area contributed by atoms with E-state index in [-0.39, 0.29) is 16.8 Å². The van der Waals surface area contributed by atoms with Gasteiger partial charge in [0, 0.05) is 12.1 Å². The number of aryl methyl sites for hydroxylation is 2. The maximum atomic E-state index is 13.3. The SMILES string of the molecule is CCc1nc2cc(C(F)(F)F)c(Cl)cc2n1-c1ccc(CC(C)N(C(=O)O)S(=O)(=O)c2ccc(C)cc2)cc1. The molecule has 1 unspecified atom stereocenters. The lowest BCUT2D eigenvalue weighted by Gasteiger charge is -2.26. The molecular weight excluding hydrogens is 555 g/mol. The highest BCUT2D eigenvalue weighted by Crippen LogP contribution is 2.38. The molecule has 0 spiro atoms. The Morgan fingerprint density at radius 2 is 1.72 bits per heavy atom. The summed E-state index contributed by atoms with van der Waals surface area (Å²) in [5, 5.41) is 9.31. The first-order chi connectivity index (χ1) is 18.2. The number of carboxylic acid groups (broad SMARTS) is 1. The topological polar surface area (TPSA) is 92.5 Å². The standard InChI is InChI=1S/C27H25ClF3N3O4S/c1-4-25-32-23-14-21(27(29,30)31)22(28)15-24(23)33(25)19-9-7-18(8-10-19)13-17(3)34(26(35)36)39(37,38)20-11-5-16(2)6-12-20/h5-12,14-15,17H,4,13H2,1-3H3,(H,35,36). The minimum Gasteiger partial charge on any atom is -0.464 e. The van der Waals surface area contributed by atoms with E-state index in [1.54, 1.807) is 47.9 Å². The zero-order chi connectivity index (χ0) is 28.7. The van der Waals surface area contributed by atoms with Gasteiger partial charge in [0.1, 0.15) is 5.82 Å². The second-order valence-corrected chi connectivity index (χ2v) is 11.4. The number of aromatic nitrogens is 2. The number of hydrogen-bond donors (Lipinski definition) is 1. The quantitative estimate of drug-likeness (QED) is 0.258. The number of amides is 1. The van der Waals surface area contributed by atoms with E-state index in [0.29, 0.717) is 33.3 Å². The summed E-state index contributed by atoms with van der Waals surface area (Å²) in [6, 6.07) is 14.0. The zero-order valence-electron chi connectivity index (χ0n) is 21.2. The molecule has 0 aliphatic rings. The second-order valence-electron chi connectivity index (χ2n) is 9.15. The molecule has 1 heterocycles. The molecule has 0 fully saturated rings. The van der Waals surface area contributed by atoms with Crippen LogP contribution in [0.4, 0.5) is 18.0 Å². The van der Waals surface area contributed by atoms with E-state index in [9.17, 15) is 31.5 Å². The number of imidazole rings is 1. The average Bonchev–Trinajstić information content (AvgIpc) is 3.20. The van der Waals surface area contributed by atoms with Crippen LogP contribution in [0, 0.1) is 6.92 Å². The van der Waals surface area contributed by atoms with Crippen LogP contribution in [0.5, 0.6) is 0 Å². The van der Waals surface area contributed by atoms with Crippen LogP contribution >= 0.6 is 11.6 Å². The third-order valence-corrected chi connectivity index (χ3v) is 8.54. The summed E-state index contributed by atoms with van der Waals surface area (Å²) in [4.78, 5) is 16.2. The Morgan fingerprint density at radius 3 is 2.26 bits per heavy atom. The maximum Gasteiger partial charge on any atom is 0.421 e. The van der Waals surface area contributed by atoms with Crippen LogP contribution < -0.4 is 0 Å².